The van der Waals surface area contributed by atoms with E-state index in [0.717, 1.165) is 11.1 Å². The Morgan fingerprint density at radius 3 is 2.31 bits per heavy atom. The molecule has 0 fully saturated rings. The first-order valence-electron chi connectivity index (χ1n) is 9.25. The maximum Gasteiger partial charge on any atom is 0.395 e. The van der Waals surface area contributed by atoms with Crippen molar-refractivity contribution in [1.82, 2.24) is 9.78 Å². The van der Waals surface area contributed by atoms with E-state index in [2.05, 4.69) is 25.9 Å². The van der Waals surface area contributed by atoms with Gasteiger partial charge in [-0.1, -0.05) is 45.9 Å². The zero-order valence-corrected chi connectivity index (χ0v) is 17.5. The van der Waals surface area contributed by atoms with Crippen LogP contribution in [-0.2, 0) is 16.6 Å². The summed E-state index contributed by atoms with van der Waals surface area (Å²) >= 11 is 0. The molecule has 1 heterocycles. The number of hydrogen-bond donors (Lipinski definition) is 1. The molecule has 1 aromatic heterocycles. The molecule has 2 rings (SSSR count). The van der Waals surface area contributed by atoms with Crippen molar-refractivity contribution in [1.29, 1.82) is 0 Å². The van der Waals surface area contributed by atoms with Crippen molar-refractivity contribution in [2.45, 2.75) is 47.0 Å². The second kappa shape index (κ2) is 8.14. The average molecular weight is 403 g/mol. The highest BCUT2D eigenvalue weighted by Crippen LogP contribution is 2.36. The molecule has 29 heavy (non-hydrogen) atoms. The number of benzene rings is 1. The summed E-state index contributed by atoms with van der Waals surface area (Å²) in [5.74, 6) is -5.33. The Morgan fingerprint density at radius 1 is 1.24 bits per heavy atom. The summed E-state index contributed by atoms with van der Waals surface area (Å²) in [6.07, 6.45) is 0.730. The van der Waals surface area contributed by atoms with Crippen LogP contribution in [-0.4, -0.2) is 32.7 Å². The highest BCUT2D eigenvalue weighted by atomic mass is 19.1. The van der Waals surface area contributed by atoms with E-state index in [1.165, 1.54) is 20.0 Å². The van der Waals surface area contributed by atoms with Gasteiger partial charge in [-0.25, -0.2) is 14.4 Å². The van der Waals surface area contributed by atoms with E-state index in [-0.39, 0.29) is 22.7 Å². The number of rotatable bonds is 4. The molecule has 0 spiro atoms. The monoisotopic (exact) mass is 403 g/mol. The van der Waals surface area contributed by atoms with Crippen LogP contribution in [0.3, 0.4) is 0 Å². The van der Waals surface area contributed by atoms with Crippen LogP contribution < -0.4 is 4.90 Å². The summed E-state index contributed by atoms with van der Waals surface area (Å²) in [6, 6.07) is 6.59. The smallest absolute Gasteiger partial charge is 0.395 e. The van der Waals surface area contributed by atoms with Crippen LogP contribution in [0.4, 0.5) is 10.1 Å². The minimum atomic E-state index is -1.81. The van der Waals surface area contributed by atoms with E-state index in [0.29, 0.717) is 10.5 Å². The zero-order valence-electron chi connectivity index (χ0n) is 17.5. The molecule has 0 radical (unpaired) electrons. The fourth-order valence-electron chi connectivity index (χ4n) is 3.53. The van der Waals surface area contributed by atoms with Crippen molar-refractivity contribution >= 4 is 23.5 Å². The Morgan fingerprint density at radius 2 is 1.83 bits per heavy atom. The van der Waals surface area contributed by atoms with Gasteiger partial charge in [0.25, 0.3) is 5.91 Å². The Hall–Kier alpha value is -3.03. The number of aliphatic carboxylic acids is 1. The summed E-state index contributed by atoms with van der Waals surface area (Å²) in [5.41, 5.74) is 0.361. The minimum Gasteiger partial charge on any atom is -0.474 e. The van der Waals surface area contributed by atoms with Gasteiger partial charge in [0, 0.05) is 7.05 Å². The second-order valence-corrected chi connectivity index (χ2v) is 8.35. The zero-order chi connectivity index (χ0) is 22.1. The van der Waals surface area contributed by atoms with Crippen molar-refractivity contribution < 1.29 is 23.9 Å². The third-order valence-corrected chi connectivity index (χ3v) is 4.58. The molecule has 0 aliphatic carbocycles. The molecule has 8 heteroatoms. The summed E-state index contributed by atoms with van der Waals surface area (Å²) < 4.78 is 15.4. The van der Waals surface area contributed by atoms with Gasteiger partial charge in [-0.3, -0.25) is 9.59 Å². The number of para-hydroxylation sites is 1. The van der Waals surface area contributed by atoms with Gasteiger partial charge < -0.3 is 5.11 Å². The molecule has 0 saturated heterocycles. The van der Waals surface area contributed by atoms with Crippen molar-refractivity contribution in [2.75, 3.05) is 4.90 Å². The van der Waals surface area contributed by atoms with Crippen LogP contribution in [0.15, 0.2) is 24.3 Å². The molecule has 1 aromatic carbocycles. The number of imide groups is 1. The van der Waals surface area contributed by atoms with E-state index in [1.807, 2.05) is 6.92 Å². The Kier molecular flexibility index (Phi) is 6.25. The normalized spacial score (nSPS) is 12.5. The Labute approximate surface area is 169 Å². The summed E-state index contributed by atoms with van der Waals surface area (Å²) in [6.45, 7) is 9.55. The molecule has 0 aliphatic heterocycles. The SMILES string of the molecule is Cc1nn(C)c(F)c1C(=O)N(C(=O)C(=O)O)c1ccccc1C(C)CC(C)(C)C. The number of carbonyl (C=O) groups is 3. The first-order chi connectivity index (χ1) is 13.3. The number of halogens is 1. The van der Waals surface area contributed by atoms with Crippen LogP contribution in [0, 0.1) is 18.3 Å². The van der Waals surface area contributed by atoms with E-state index >= 15 is 0 Å². The molecular weight excluding hydrogens is 377 g/mol. The van der Waals surface area contributed by atoms with E-state index < -0.39 is 29.3 Å². The average Bonchev–Trinajstić information content (AvgIpc) is 2.85. The van der Waals surface area contributed by atoms with Gasteiger partial charge in [0.2, 0.25) is 5.95 Å². The second-order valence-electron chi connectivity index (χ2n) is 8.35. The number of carboxylic acid groups (broad SMARTS) is 1. The van der Waals surface area contributed by atoms with E-state index in [9.17, 15) is 23.9 Å². The van der Waals surface area contributed by atoms with Crippen molar-refractivity contribution in [3.05, 3.63) is 47.0 Å². The highest BCUT2D eigenvalue weighted by molar-refractivity contribution is 6.44. The third-order valence-electron chi connectivity index (χ3n) is 4.58. The predicted octanol–water partition coefficient (Wildman–Crippen LogP) is 3.67. The summed E-state index contributed by atoms with van der Waals surface area (Å²) in [7, 11) is 1.32. The van der Waals surface area contributed by atoms with Crippen LogP contribution in [0.2, 0.25) is 0 Å². The number of anilines is 1. The number of amides is 2. The lowest BCUT2D eigenvalue weighted by atomic mass is 9.82. The first kappa shape index (κ1) is 22.3. The summed E-state index contributed by atoms with van der Waals surface area (Å²) in [5, 5.41) is 13.2. The fraction of sp³-hybridized carbons (Fsp3) is 0.429. The van der Waals surface area contributed by atoms with Gasteiger partial charge in [0.15, 0.2) is 0 Å². The molecule has 2 aromatic rings. The minimum absolute atomic E-state index is 0.0375. The largest absolute Gasteiger partial charge is 0.474 e. The number of nitrogens with zero attached hydrogens (tertiary/aromatic N) is 3. The Bertz CT molecular complexity index is 959. The third kappa shape index (κ3) is 4.70. The fourth-order valence-corrected chi connectivity index (χ4v) is 3.53. The van der Waals surface area contributed by atoms with Gasteiger partial charge >= 0.3 is 11.9 Å². The van der Waals surface area contributed by atoms with Crippen LogP contribution >= 0.6 is 0 Å². The number of aryl methyl sites for hydroxylation is 2. The van der Waals surface area contributed by atoms with Crippen molar-refractivity contribution in [3.8, 4) is 0 Å². The molecule has 7 nitrogen and oxygen atoms in total. The molecule has 1 atom stereocenters. The van der Waals surface area contributed by atoms with Crippen LogP contribution in [0.5, 0.6) is 0 Å². The van der Waals surface area contributed by atoms with Crippen LogP contribution in [0.25, 0.3) is 0 Å². The molecule has 1 unspecified atom stereocenters. The standard InChI is InChI=1S/C21H26FN3O4/c1-12(11-21(3,4)5)14-9-7-8-10-15(14)25(19(27)20(28)29)18(26)16-13(2)23-24(6)17(16)22/h7-10,12H,11H2,1-6H3,(H,28,29). The number of carbonyl (C=O) groups excluding carboxylic acids is 2. The predicted molar refractivity (Wildman–Crippen MR) is 106 cm³/mol. The molecule has 1 N–H and O–H groups in total. The molecule has 0 aliphatic rings. The van der Waals surface area contributed by atoms with Crippen molar-refractivity contribution in [2.24, 2.45) is 12.5 Å². The first-order valence-corrected chi connectivity index (χ1v) is 9.25. The van der Waals surface area contributed by atoms with Gasteiger partial charge in [0.05, 0.1) is 11.4 Å². The summed E-state index contributed by atoms with van der Waals surface area (Å²) in [4.78, 5) is 37.7. The van der Waals surface area contributed by atoms with E-state index in [1.54, 1.807) is 18.2 Å². The van der Waals surface area contributed by atoms with Crippen molar-refractivity contribution in [3.63, 3.8) is 0 Å². The lowest BCUT2D eigenvalue weighted by molar-refractivity contribution is -0.148. The number of carboxylic acids is 1. The quantitative estimate of drug-likeness (QED) is 0.787. The number of aromatic nitrogens is 2. The number of hydrogen-bond acceptors (Lipinski definition) is 4. The lowest BCUT2D eigenvalue weighted by Crippen LogP contribution is -2.42. The van der Waals surface area contributed by atoms with Crippen LogP contribution in [0.1, 0.15) is 61.6 Å². The topological polar surface area (TPSA) is 92.5 Å². The van der Waals surface area contributed by atoms with Gasteiger partial charge in [-0.15, -0.1) is 0 Å². The molecule has 156 valence electrons. The molecule has 2 amide bonds. The van der Waals surface area contributed by atoms with Gasteiger partial charge in [-0.2, -0.15) is 9.49 Å². The van der Waals surface area contributed by atoms with E-state index in [4.69, 9.17) is 0 Å². The molecular formula is C21H26FN3O4. The lowest BCUT2D eigenvalue weighted by Gasteiger charge is -2.28. The molecule has 0 saturated carbocycles. The van der Waals surface area contributed by atoms with Gasteiger partial charge in [-0.05, 0) is 36.3 Å². The highest BCUT2D eigenvalue weighted by Gasteiger charge is 2.36. The Balaban J connectivity index is 2.65. The maximum absolute atomic E-state index is 14.5. The maximum atomic E-state index is 14.5. The van der Waals surface area contributed by atoms with Gasteiger partial charge in [0.1, 0.15) is 5.56 Å². The molecule has 0 bridgehead atoms.